The van der Waals surface area contributed by atoms with Crippen LogP contribution in [-0.4, -0.2) is 5.78 Å². The van der Waals surface area contributed by atoms with Crippen molar-refractivity contribution in [3.63, 3.8) is 0 Å². The van der Waals surface area contributed by atoms with Gasteiger partial charge in [-0.05, 0) is 39.4 Å². The maximum absolute atomic E-state index is 13.5. The maximum Gasteiger partial charge on any atom is 0.193 e. The first kappa shape index (κ1) is 19.7. The largest absolute Gasteiger partial charge is 0.289 e. The molecule has 0 saturated carbocycles. The van der Waals surface area contributed by atoms with Gasteiger partial charge in [-0.1, -0.05) is 127 Å². The number of benzene rings is 5. The molecule has 0 spiro atoms. The minimum absolute atomic E-state index is 0.0345. The van der Waals surface area contributed by atoms with Crippen LogP contribution < -0.4 is 0 Å². The standard InChI is InChI=1S/C31H22O/c32-31(27-14-8-3-9-15-27)30-22-28(20-21-29(30)26-12-6-2-7-13-26)25-18-16-24(17-19-25)23-10-4-1-5-11-23/h1-22H. The molecule has 0 heterocycles. The van der Waals surface area contributed by atoms with E-state index in [1.807, 2.05) is 84.9 Å². The van der Waals surface area contributed by atoms with Crippen molar-refractivity contribution in [3.05, 3.63) is 145 Å². The monoisotopic (exact) mass is 410 g/mol. The summed E-state index contributed by atoms with van der Waals surface area (Å²) in [5.41, 5.74) is 7.89. The predicted molar refractivity (Wildman–Crippen MR) is 133 cm³/mol. The van der Waals surface area contributed by atoms with Crippen LogP contribution in [0.2, 0.25) is 0 Å². The van der Waals surface area contributed by atoms with E-state index in [0.29, 0.717) is 11.1 Å². The highest BCUT2D eigenvalue weighted by molar-refractivity contribution is 6.13. The van der Waals surface area contributed by atoms with Gasteiger partial charge in [0.2, 0.25) is 0 Å². The van der Waals surface area contributed by atoms with Crippen LogP contribution >= 0.6 is 0 Å². The average molecular weight is 411 g/mol. The fourth-order valence-corrected chi connectivity index (χ4v) is 4.01. The van der Waals surface area contributed by atoms with Crippen molar-refractivity contribution in [2.24, 2.45) is 0 Å². The van der Waals surface area contributed by atoms with Crippen LogP contribution in [0.3, 0.4) is 0 Å². The van der Waals surface area contributed by atoms with Gasteiger partial charge in [0.05, 0.1) is 0 Å². The third kappa shape index (κ3) is 4.01. The molecular formula is C31H22O. The van der Waals surface area contributed by atoms with Gasteiger partial charge in [0.1, 0.15) is 0 Å². The first-order valence-corrected chi connectivity index (χ1v) is 10.7. The lowest BCUT2D eigenvalue weighted by Crippen LogP contribution is -2.04. The zero-order valence-corrected chi connectivity index (χ0v) is 17.6. The lowest BCUT2D eigenvalue weighted by Gasteiger charge is -2.13. The normalized spacial score (nSPS) is 10.6. The van der Waals surface area contributed by atoms with Crippen LogP contribution in [-0.2, 0) is 0 Å². The van der Waals surface area contributed by atoms with E-state index in [2.05, 4.69) is 48.5 Å². The zero-order valence-electron chi connectivity index (χ0n) is 17.6. The summed E-state index contributed by atoms with van der Waals surface area (Å²) in [7, 11) is 0. The lowest BCUT2D eigenvalue weighted by molar-refractivity contribution is 0.103. The summed E-state index contributed by atoms with van der Waals surface area (Å²) in [5, 5.41) is 0. The van der Waals surface area contributed by atoms with Crippen LogP contribution in [0.25, 0.3) is 33.4 Å². The van der Waals surface area contributed by atoms with Crippen molar-refractivity contribution in [2.75, 3.05) is 0 Å². The Hall–Kier alpha value is -4.23. The van der Waals surface area contributed by atoms with E-state index in [1.54, 1.807) is 0 Å². The molecule has 0 bridgehead atoms. The van der Waals surface area contributed by atoms with Gasteiger partial charge in [-0.3, -0.25) is 4.79 Å². The molecule has 32 heavy (non-hydrogen) atoms. The summed E-state index contributed by atoms with van der Waals surface area (Å²) < 4.78 is 0. The van der Waals surface area contributed by atoms with Crippen molar-refractivity contribution >= 4 is 5.78 Å². The van der Waals surface area contributed by atoms with Crippen LogP contribution in [0, 0.1) is 0 Å². The second-order valence-corrected chi connectivity index (χ2v) is 7.76. The highest BCUT2D eigenvalue weighted by Gasteiger charge is 2.16. The summed E-state index contributed by atoms with van der Waals surface area (Å²) in [5.74, 6) is 0.0345. The van der Waals surface area contributed by atoms with Crippen LogP contribution in [0.1, 0.15) is 15.9 Å². The van der Waals surface area contributed by atoms with Gasteiger partial charge in [-0.25, -0.2) is 0 Å². The van der Waals surface area contributed by atoms with E-state index in [0.717, 1.165) is 22.3 Å². The van der Waals surface area contributed by atoms with Gasteiger partial charge in [0.25, 0.3) is 0 Å². The first-order valence-electron chi connectivity index (χ1n) is 10.7. The van der Waals surface area contributed by atoms with Crippen molar-refractivity contribution in [1.82, 2.24) is 0 Å². The Labute approximate surface area is 188 Å². The van der Waals surface area contributed by atoms with E-state index in [1.165, 1.54) is 11.1 Å². The first-order chi connectivity index (χ1) is 15.8. The van der Waals surface area contributed by atoms with Gasteiger partial charge in [0, 0.05) is 11.1 Å². The molecule has 0 aliphatic heterocycles. The average Bonchev–Trinajstić information content (AvgIpc) is 2.89. The Morgan fingerprint density at radius 2 is 0.844 bits per heavy atom. The van der Waals surface area contributed by atoms with Gasteiger partial charge in [-0.2, -0.15) is 0 Å². The summed E-state index contributed by atoms with van der Waals surface area (Å²) in [6, 6.07) is 44.6. The molecule has 0 saturated heterocycles. The third-order valence-electron chi connectivity index (χ3n) is 5.71. The molecule has 5 aromatic rings. The molecule has 5 rings (SSSR count). The summed E-state index contributed by atoms with van der Waals surface area (Å²) in [6.07, 6.45) is 0. The Morgan fingerprint density at radius 1 is 0.406 bits per heavy atom. The topological polar surface area (TPSA) is 17.1 Å². The van der Waals surface area contributed by atoms with Gasteiger partial charge in [-0.15, -0.1) is 0 Å². The molecule has 0 atom stereocenters. The minimum atomic E-state index is 0.0345. The van der Waals surface area contributed by atoms with Crippen molar-refractivity contribution in [1.29, 1.82) is 0 Å². The number of hydrogen-bond acceptors (Lipinski definition) is 1. The Balaban J connectivity index is 1.58. The fraction of sp³-hybridized carbons (Fsp3) is 0. The van der Waals surface area contributed by atoms with Gasteiger partial charge >= 0.3 is 0 Å². The van der Waals surface area contributed by atoms with E-state index in [-0.39, 0.29) is 5.78 Å². The van der Waals surface area contributed by atoms with E-state index in [9.17, 15) is 4.79 Å². The molecule has 152 valence electrons. The Kier molecular flexibility index (Phi) is 5.47. The smallest absolute Gasteiger partial charge is 0.193 e. The highest BCUT2D eigenvalue weighted by atomic mass is 16.1. The van der Waals surface area contributed by atoms with E-state index >= 15 is 0 Å². The van der Waals surface area contributed by atoms with Crippen LogP contribution in [0.15, 0.2) is 133 Å². The summed E-state index contributed by atoms with van der Waals surface area (Å²) in [6.45, 7) is 0. The van der Waals surface area contributed by atoms with Crippen LogP contribution in [0.5, 0.6) is 0 Å². The molecule has 0 aromatic heterocycles. The summed E-state index contributed by atoms with van der Waals surface area (Å²) >= 11 is 0. The number of carbonyl (C=O) groups is 1. The van der Waals surface area contributed by atoms with Gasteiger partial charge in [0.15, 0.2) is 5.78 Å². The lowest BCUT2D eigenvalue weighted by atomic mass is 9.90. The maximum atomic E-state index is 13.5. The van der Waals surface area contributed by atoms with Crippen molar-refractivity contribution in [3.8, 4) is 33.4 Å². The molecule has 0 unspecified atom stereocenters. The number of rotatable bonds is 5. The van der Waals surface area contributed by atoms with Crippen LogP contribution in [0.4, 0.5) is 0 Å². The number of carbonyl (C=O) groups excluding carboxylic acids is 1. The molecule has 0 fully saturated rings. The summed E-state index contributed by atoms with van der Waals surface area (Å²) in [4.78, 5) is 13.5. The molecule has 0 N–H and O–H groups in total. The molecule has 1 heteroatoms. The molecule has 0 aliphatic rings. The van der Waals surface area contributed by atoms with E-state index in [4.69, 9.17) is 0 Å². The Bertz CT molecular complexity index is 1340. The van der Waals surface area contributed by atoms with Gasteiger partial charge < -0.3 is 0 Å². The Morgan fingerprint density at radius 3 is 1.44 bits per heavy atom. The molecule has 0 aliphatic carbocycles. The number of hydrogen-bond donors (Lipinski definition) is 0. The molecular weight excluding hydrogens is 388 g/mol. The third-order valence-corrected chi connectivity index (χ3v) is 5.71. The second kappa shape index (κ2) is 8.87. The molecule has 0 amide bonds. The molecule has 0 radical (unpaired) electrons. The SMILES string of the molecule is O=C(c1ccccc1)c1cc(-c2ccc(-c3ccccc3)cc2)ccc1-c1ccccc1. The van der Waals surface area contributed by atoms with Crippen molar-refractivity contribution in [2.45, 2.75) is 0 Å². The zero-order chi connectivity index (χ0) is 21.8. The molecule has 5 aromatic carbocycles. The number of ketones is 1. The van der Waals surface area contributed by atoms with E-state index < -0.39 is 0 Å². The highest BCUT2D eigenvalue weighted by Crippen LogP contribution is 2.31. The molecule has 1 nitrogen and oxygen atoms in total. The van der Waals surface area contributed by atoms with Crippen molar-refractivity contribution < 1.29 is 4.79 Å². The second-order valence-electron chi connectivity index (χ2n) is 7.76. The predicted octanol–water partition coefficient (Wildman–Crippen LogP) is 7.92. The fourth-order valence-electron chi connectivity index (χ4n) is 4.01. The quantitative estimate of drug-likeness (QED) is 0.269. The minimum Gasteiger partial charge on any atom is -0.289 e.